The van der Waals surface area contributed by atoms with Crippen molar-refractivity contribution in [1.82, 2.24) is 9.58 Å². The first-order valence-electron chi connectivity index (χ1n) is 13.2. The molecule has 3 aromatic carbocycles. The molecule has 4 aromatic rings. The minimum Gasteiger partial charge on any atom is -0.482 e. The predicted octanol–water partition coefficient (Wildman–Crippen LogP) is 4.97. The number of hydrogen-bond donors (Lipinski definition) is 0. The first-order chi connectivity index (χ1) is 20.0. The van der Waals surface area contributed by atoms with Crippen LogP contribution in [0.1, 0.15) is 33.2 Å². The highest BCUT2D eigenvalue weighted by Gasteiger charge is 2.45. The Morgan fingerprint density at radius 1 is 1.00 bits per heavy atom. The van der Waals surface area contributed by atoms with Crippen LogP contribution in [0.2, 0.25) is 0 Å². The largest absolute Gasteiger partial charge is 0.482 e. The minimum atomic E-state index is -0.981. The van der Waals surface area contributed by atoms with E-state index < -0.39 is 29.3 Å². The number of fused-ring (bicyclic) bond motifs is 2. The summed E-state index contributed by atoms with van der Waals surface area (Å²) in [7, 11) is 0. The molecule has 0 bridgehead atoms. The van der Waals surface area contributed by atoms with E-state index in [-0.39, 0.29) is 37.1 Å². The van der Waals surface area contributed by atoms with Crippen molar-refractivity contribution in [2.75, 3.05) is 31.0 Å². The number of nitrogens with zero attached hydrogens (tertiary/aromatic N) is 3. The third kappa shape index (κ3) is 4.98. The maximum absolute atomic E-state index is 14.7. The van der Waals surface area contributed by atoms with Crippen LogP contribution in [-0.4, -0.2) is 47.7 Å². The zero-order valence-electron chi connectivity index (χ0n) is 22.2. The number of hydrogen-bond acceptors (Lipinski definition) is 6. The van der Waals surface area contributed by atoms with E-state index in [4.69, 9.17) is 9.47 Å². The molecule has 7 nitrogen and oxygen atoms in total. The molecule has 1 unspecified atom stereocenters. The predicted molar refractivity (Wildman–Crippen MR) is 152 cm³/mol. The molecule has 2 atom stereocenters. The van der Waals surface area contributed by atoms with Gasteiger partial charge in [0, 0.05) is 23.7 Å². The molecule has 3 heterocycles. The fraction of sp³-hybridized carbons (Fsp3) is 0.226. The summed E-state index contributed by atoms with van der Waals surface area (Å²) >= 11 is 1.52. The summed E-state index contributed by atoms with van der Waals surface area (Å²) in [5.41, 5.74) is 1.78. The van der Waals surface area contributed by atoms with Crippen LogP contribution in [-0.2, 0) is 11.3 Å². The number of carbonyl (C=O) groups is 1. The molecule has 0 aliphatic carbocycles. The maximum Gasteiger partial charge on any atom is 0.278 e. The molecular formula is C31H27F2N3O4S. The van der Waals surface area contributed by atoms with Gasteiger partial charge in [-0.25, -0.2) is 8.78 Å². The van der Waals surface area contributed by atoms with Gasteiger partial charge in [-0.15, -0.1) is 11.8 Å². The standard InChI is InChI=1S/C31H27F2N3O4S/c1-41-26-10-6-5-9-22(26)28(21-11-12-23(32)24(33)17-21)36-27-19-39-16-15-34(27)31(38)29-30(25(37)13-14-35(29)36)40-18-20-7-3-2-4-8-20/h2-14,17,27-28H,15-16,18-19H2,1H3/t27-,28?/m1/s1. The maximum atomic E-state index is 14.7. The Balaban J connectivity index is 1.57. The molecule has 10 heteroatoms. The highest BCUT2D eigenvalue weighted by molar-refractivity contribution is 7.98. The van der Waals surface area contributed by atoms with Gasteiger partial charge in [0.1, 0.15) is 12.8 Å². The number of amides is 1. The van der Waals surface area contributed by atoms with E-state index in [9.17, 15) is 18.4 Å². The van der Waals surface area contributed by atoms with Gasteiger partial charge >= 0.3 is 0 Å². The van der Waals surface area contributed by atoms with Crippen LogP contribution >= 0.6 is 11.8 Å². The third-order valence-electron chi connectivity index (χ3n) is 7.34. The van der Waals surface area contributed by atoms with Crippen LogP contribution in [0.25, 0.3) is 0 Å². The number of carbonyl (C=O) groups excluding carboxylic acids is 1. The summed E-state index contributed by atoms with van der Waals surface area (Å²) in [6.45, 7) is 0.883. The molecule has 0 saturated carbocycles. The molecule has 0 N–H and O–H groups in total. The molecule has 1 aromatic heterocycles. The average molecular weight is 576 g/mol. The number of pyridine rings is 1. The number of morpholine rings is 1. The van der Waals surface area contributed by atoms with Gasteiger partial charge in [-0.2, -0.15) is 0 Å². The van der Waals surface area contributed by atoms with Crippen molar-refractivity contribution >= 4 is 17.7 Å². The Morgan fingerprint density at radius 2 is 1.78 bits per heavy atom. The summed E-state index contributed by atoms with van der Waals surface area (Å²) in [5, 5.41) is 1.90. The summed E-state index contributed by atoms with van der Waals surface area (Å²) in [6, 6.07) is 21.5. The normalized spacial score (nSPS) is 17.1. The van der Waals surface area contributed by atoms with E-state index in [1.165, 1.54) is 30.1 Å². The molecule has 0 spiro atoms. The Bertz CT molecular complexity index is 1650. The second kappa shape index (κ2) is 11.4. The second-order valence-corrected chi connectivity index (χ2v) is 10.6. The number of halogens is 2. The lowest BCUT2D eigenvalue weighted by Crippen LogP contribution is -2.66. The molecule has 2 aliphatic rings. The van der Waals surface area contributed by atoms with Crippen molar-refractivity contribution in [2.24, 2.45) is 0 Å². The Hall–Kier alpha value is -4.15. The quantitative estimate of drug-likeness (QED) is 0.290. The van der Waals surface area contributed by atoms with Crippen LogP contribution in [0.4, 0.5) is 8.78 Å². The van der Waals surface area contributed by atoms with Crippen LogP contribution in [0.3, 0.4) is 0 Å². The SMILES string of the molecule is CSc1ccccc1C(c1ccc(F)c(F)c1)N1[C@@H]2COCCN2C(=O)c2c(OCc3ccccc3)c(=O)ccn21. The summed E-state index contributed by atoms with van der Waals surface area (Å²) in [4.78, 5) is 29.7. The van der Waals surface area contributed by atoms with Crippen molar-refractivity contribution in [1.29, 1.82) is 0 Å². The van der Waals surface area contributed by atoms with Crippen molar-refractivity contribution in [3.8, 4) is 5.75 Å². The zero-order valence-corrected chi connectivity index (χ0v) is 23.0. The first-order valence-corrected chi connectivity index (χ1v) is 14.4. The number of aromatic nitrogens is 1. The molecule has 0 radical (unpaired) electrons. The summed E-state index contributed by atoms with van der Waals surface area (Å²) in [5.74, 6) is -2.37. The van der Waals surface area contributed by atoms with Crippen molar-refractivity contribution in [3.05, 3.63) is 129 Å². The molecule has 41 heavy (non-hydrogen) atoms. The molecule has 1 saturated heterocycles. The second-order valence-electron chi connectivity index (χ2n) is 9.73. The Kier molecular flexibility index (Phi) is 7.51. The lowest BCUT2D eigenvalue weighted by atomic mass is 9.96. The van der Waals surface area contributed by atoms with E-state index in [0.29, 0.717) is 12.2 Å². The molecule has 2 aliphatic heterocycles. The summed E-state index contributed by atoms with van der Waals surface area (Å²) < 4.78 is 42.3. The molecule has 210 valence electrons. The van der Waals surface area contributed by atoms with Gasteiger partial charge in [0.05, 0.1) is 19.3 Å². The molecular weight excluding hydrogens is 548 g/mol. The Morgan fingerprint density at radius 3 is 2.56 bits per heavy atom. The van der Waals surface area contributed by atoms with E-state index in [2.05, 4.69) is 0 Å². The lowest BCUT2D eigenvalue weighted by molar-refractivity contribution is -0.0199. The monoisotopic (exact) mass is 575 g/mol. The van der Waals surface area contributed by atoms with Crippen LogP contribution < -0.4 is 15.2 Å². The number of benzene rings is 3. The highest BCUT2D eigenvalue weighted by atomic mass is 32.2. The number of thioether (sulfide) groups is 1. The highest BCUT2D eigenvalue weighted by Crippen LogP contribution is 2.39. The van der Waals surface area contributed by atoms with Gasteiger partial charge < -0.3 is 14.4 Å². The van der Waals surface area contributed by atoms with E-state index in [1.807, 2.05) is 65.9 Å². The van der Waals surface area contributed by atoms with Crippen LogP contribution in [0, 0.1) is 11.6 Å². The average Bonchev–Trinajstić information content (AvgIpc) is 3.00. The minimum absolute atomic E-state index is 0.0702. The van der Waals surface area contributed by atoms with E-state index in [0.717, 1.165) is 22.1 Å². The van der Waals surface area contributed by atoms with Crippen molar-refractivity contribution < 1.29 is 23.0 Å². The lowest BCUT2D eigenvalue weighted by Gasteiger charge is -2.51. The number of rotatable bonds is 7. The van der Waals surface area contributed by atoms with Gasteiger partial charge in [0.15, 0.2) is 23.1 Å². The van der Waals surface area contributed by atoms with Gasteiger partial charge in [0.25, 0.3) is 5.91 Å². The third-order valence-corrected chi connectivity index (χ3v) is 8.15. The van der Waals surface area contributed by atoms with Gasteiger partial charge in [-0.3, -0.25) is 19.3 Å². The fourth-order valence-electron chi connectivity index (χ4n) is 5.44. The van der Waals surface area contributed by atoms with Crippen LogP contribution in [0.5, 0.6) is 5.75 Å². The van der Waals surface area contributed by atoms with Gasteiger partial charge in [0.2, 0.25) is 5.43 Å². The Labute approximate surface area is 239 Å². The zero-order chi connectivity index (χ0) is 28.5. The van der Waals surface area contributed by atoms with Gasteiger partial charge in [-0.05, 0) is 41.1 Å². The van der Waals surface area contributed by atoms with E-state index in [1.54, 1.807) is 15.6 Å². The van der Waals surface area contributed by atoms with Crippen molar-refractivity contribution in [2.45, 2.75) is 23.7 Å². The smallest absolute Gasteiger partial charge is 0.278 e. The topological polar surface area (TPSA) is 64.0 Å². The summed E-state index contributed by atoms with van der Waals surface area (Å²) in [6.07, 6.45) is 2.88. The number of ether oxygens (including phenoxy) is 2. The fourth-order valence-corrected chi connectivity index (χ4v) is 6.07. The molecule has 6 rings (SSSR count). The first kappa shape index (κ1) is 27.0. The van der Waals surface area contributed by atoms with Gasteiger partial charge in [-0.1, -0.05) is 54.6 Å². The molecule has 1 fully saturated rings. The van der Waals surface area contributed by atoms with Crippen molar-refractivity contribution in [3.63, 3.8) is 0 Å². The van der Waals surface area contributed by atoms with Crippen LogP contribution in [0.15, 0.2) is 94.7 Å². The van der Waals surface area contributed by atoms with E-state index >= 15 is 0 Å². The molecule has 1 amide bonds.